The number of phenols is 1. The molecule has 112 valence electrons. The van der Waals surface area contributed by atoms with Gasteiger partial charge >= 0.3 is 5.97 Å². The number of carbonyl (C=O) groups excluding carboxylic acids is 2. The maximum Gasteiger partial charge on any atom is 0.339 e. The summed E-state index contributed by atoms with van der Waals surface area (Å²) in [5.74, 6) is -2.63. The van der Waals surface area contributed by atoms with Gasteiger partial charge in [-0.3, -0.25) is 9.59 Å². The highest BCUT2D eigenvalue weighted by molar-refractivity contribution is 6.23. The van der Waals surface area contributed by atoms with Crippen molar-refractivity contribution in [3.8, 4) is 5.75 Å². The molecule has 1 aromatic rings. The van der Waals surface area contributed by atoms with Gasteiger partial charge in [0.25, 0.3) is 0 Å². The van der Waals surface area contributed by atoms with Crippen molar-refractivity contribution in [3.63, 3.8) is 0 Å². The predicted octanol–water partition coefficient (Wildman–Crippen LogP) is 1.40. The average molecular weight is 299 g/mol. The van der Waals surface area contributed by atoms with E-state index >= 15 is 0 Å². The number of carboxylic acids is 1. The van der Waals surface area contributed by atoms with E-state index in [2.05, 4.69) is 0 Å². The zero-order valence-corrected chi connectivity index (χ0v) is 11.5. The number of carbonyl (C=O) groups is 3. The molecule has 6 heteroatoms. The number of hydrogen-bond acceptors (Lipinski definition) is 4. The molecule has 0 radical (unpaired) electrons. The van der Waals surface area contributed by atoms with Crippen LogP contribution in [0.3, 0.4) is 0 Å². The number of rotatable bonds is 2. The van der Waals surface area contributed by atoms with E-state index in [0.29, 0.717) is 0 Å². The molecule has 4 atom stereocenters. The number of hydrogen-bond donors (Lipinski definition) is 2. The topological polar surface area (TPSA) is 94.9 Å². The van der Waals surface area contributed by atoms with Crippen molar-refractivity contribution in [2.24, 2.45) is 23.7 Å². The van der Waals surface area contributed by atoms with E-state index in [9.17, 15) is 19.5 Å². The molecule has 1 heterocycles. The molecule has 3 aliphatic rings. The van der Waals surface area contributed by atoms with Gasteiger partial charge in [-0.25, -0.2) is 9.69 Å². The number of fused-ring (bicyclic) bond motifs is 5. The van der Waals surface area contributed by atoms with Crippen molar-refractivity contribution >= 4 is 23.5 Å². The van der Waals surface area contributed by atoms with Gasteiger partial charge in [0, 0.05) is 6.07 Å². The van der Waals surface area contributed by atoms with Crippen LogP contribution in [0, 0.1) is 23.7 Å². The lowest BCUT2D eigenvalue weighted by Crippen LogP contribution is -2.32. The number of anilines is 1. The molecule has 4 rings (SSSR count). The normalized spacial score (nSPS) is 31.9. The highest BCUT2D eigenvalue weighted by Gasteiger charge is 2.59. The highest BCUT2D eigenvalue weighted by atomic mass is 16.4. The SMILES string of the molecule is O=C(O)c1ccc(N2C(=O)[C@@H]3[C@@H](C2=O)[C@H]2C=C[C@@H]3C2)cc1O. The van der Waals surface area contributed by atoms with Crippen LogP contribution < -0.4 is 4.90 Å². The molecule has 2 amide bonds. The van der Waals surface area contributed by atoms with Crippen LogP contribution in [0.2, 0.25) is 0 Å². The Balaban J connectivity index is 1.73. The minimum Gasteiger partial charge on any atom is -0.507 e. The van der Waals surface area contributed by atoms with Gasteiger partial charge in [0.1, 0.15) is 11.3 Å². The van der Waals surface area contributed by atoms with Crippen molar-refractivity contribution in [1.82, 2.24) is 0 Å². The first-order valence-corrected chi connectivity index (χ1v) is 7.11. The Hall–Kier alpha value is -2.63. The van der Waals surface area contributed by atoms with E-state index in [1.807, 2.05) is 12.2 Å². The first-order chi connectivity index (χ1) is 10.5. The van der Waals surface area contributed by atoms with E-state index in [4.69, 9.17) is 5.11 Å². The summed E-state index contributed by atoms with van der Waals surface area (Å²) >= 11 is 0. The van der Waals surface area contributed by atoms with Gasteiger partial charge in [0.2, 0.25) is 11.8 Å². The third kappa shape index (κ3) is 1.52. The van der Waals surface area contributed by atoms with Crippen LogP contribution in [0.15, 0.2) is 30.4 Å². The first-order valence-electron chi connectivity index (χ1n) is 7.11. The fraction of sp³-hybridized carbons (Fsp3) is 0.312. The molecule has 0 aromatic heterocycles. The Morgan fingerprint density at radius 1 is 1.09 bits per heavy atom. The lowest BCUT2D eigenvalue weighted by atomic mass is 9.85. The zero-order chi connectivity index (χ0) is 15.6. The van der Waals surface area contributed by atoms with Gasteiger partial charge in [0.05, 0.1) is 17.5 Å². The van der Waals surface area contributed by atoms with Crippen molar-refractivity contribution in [2.45, 2.75) is 6.42 Å². The molecule has 1 aromatic carbocycles. The van der Waals surface area contributed by atoms with Crippen molar-refractivity contribution in [2.75, 3.05) is 4.90 Å². The number of amides is 2. The number of nitrogens with zero attached hydrogens (tertiary/aromatic N) is 1. The van der Waals surface area contributed by atoms with Crippen LogP contribution in [0.1, 0.15) is 16.8 Å². The van der Waals surface area contributed by atoms with E-state index in [0.717, 1.165) is 17.4 Å². The van der Waals surface area contributed by atoms with Gasteiger partial charge in [-0.05, 0) is 30.4 Å². The second kappa shape index (κ2) is 4.19. The van der Waals surface area contributed by atoms with E-state index in [1.165, 1.54) is 12.1 Å². The summed E-state index contributed by atoms with van der Waals surface area (Å²) < 4.78 is 0. The Labute approximate surface area is 125 Å². The lowest BCUT2D eigenvalue weighted by molar-refractivity contribution is -0.123. The monoisotopic (exact) mass is 299 g/mol. The molecule has 2 aliphatic carbocycles. The number of imide groups is 1. The fourth-order valence-electron chi connectivity index (χ4n) is 4.00. The standard InChI is InChI=1S/C16H13NO5/c18-11-6-9(3-4-10(11)16(21)22)17-14(19)12-7-1-2-8(5-7)13(12)15(17)20/h1-4,6-8,12-13,18H,5H2,(H,21,22)/t7-,8+,12-,13-/m0/s1. The predicted molar refractivity (Wildman–Crippen MR) is 75.3 cm³/mol. The van der Waals surface area contributed by atoms with Gasteiger partial charge in [0.15, 0.2) is 0 Å². The van der Waals surface area contributed by atoms with Crippen molar-refractivity contribution in [3.05, 3.63) is 35.9 Å². The first kappa shape index (κ1) is 13.1. The van der Waals surface area contributed by atoms with Crippen LogP contribution in [-0.2, 0) is 9.59 Å². The van der Waals surface area contributed by atoms with E-state index in [-0.39, 0.29) is 46.7 Å². The van der Waals surface area contributed by atoms with Crippen LogP contribution >= 0.6 is 0 Å². The third-order valence-corrected chi connectivity index (χ3v) is 4.94. The summed E-state index contributed by atoms with van der Waals surface area (Å²) in [7, 11) is 0. The highest BCUT2D eigenvalue weighted by Crippen LogP contribution is 2.53. The average Bonchev–Trinajstić information content (AvgIpc) is 3.12. The molecule has 6 nitrogen and oxygen atoms in total. The van der Waals surface area contributed by atoms with Gasteiger partial charge in [-0.15, -0.1) is 0 Å². The van der Waals surface area contributed by atoms with Gasteiger partial charge in [-0.2, -0.15) is 0 Å². The van der Waals surface area contributed by atoms with Crippen molar-refractivity contribution < 1.29 is 24.6 Å². The maximum atomic E-state index is 12.6. The number of allylic oxidation sites excluding steroid dienone is 2. The second-order valence-electron chi connectivity index (χ2n) is 6.02. The lowest BCUT2D eigenvalue weighted by Gasteiger charge is -2.17. The molecule has 2 N–H and O–H groups in total. The van der Waals surface area contributed by atoms with Crippen LogP contribution in [0.5, 0.6) is 5.75 Å². The third-order valence-electron chi connectivity index (χ3n) is 4.94. The molecular weight excluding hydrogens is 286 g/mol. The largest absolute Gasteiger partial charge is 0.507 e. The van der Waals surface area contributed by atoms with Gasteiger partial charge in [-0.1, -0.05) is 12.2 Å². The molecule has 22 heavy (non-hydrogen) atoms. The Kier molecular flexibility index (Phi) is 2.49. The summed E-state index contributed by atoms with van der Waals surface area (Å²) in [5, 5.41) is 18.7. The summed E-state index contributed by atoms with van der Waals surface area (Å²) in [4.78, 5) is 37.2. The Morgan fingerprint density at radius 3 is 2.18 bits per heavy atom. The van der Waals surface area contributed by atoms with E-state index < -0.39 is 11.7 Å². The zero-order valence-electron chi connectivity index (χ0n) is 11.5. The van der Waals surface area contributed by atoms with E-state index in [1.54, 1.807) is 0 Å². The number of aromatic carboxylic acids is 1. The number of aromatic hydroxyl groups is 1. The minimum absolute atomic E-state index is 0.114. The molecule has 0 unspecified atom stereocenters. The van der Waals surface area contributed by atoms with Gasteiger partial charge < -0.3 is 10.2 Å². The smallest absolute Gasteiger partial charge is 0.339 e. The second-order valence-corrected chi connectivity index (χ2v) is 6.02. The fourth-order valence-corrected chi connectivity index (χ4v) is 4.00. The Morgan fingerprint density at radius 2 is 1.68 bits per heavy atom. The molecule has 1 saturated heterocycles. The number of benzene rings is 1. The Bertz CT molecular complexity index is 723. The minimum atomic E-state index is -1.26. The molecular formula is C16H13NO5. The molecule has 1 aliphatic heterocycles. The van der Waals surface area contributed by atoms with Crippen LogP contribution in [0.4, 0.5) is 5.69 Å². The summed E-state index contributed by atoms with van der Waals surface area (Å²) in [6.07, 6.45) is 4.86. The number of carboxylic acid groups (broad SMARTS) is 1. The molecule has 1 saturated carbocycles. The summed E-state index contributed by atoms with van der Waals surface area (Å²) in [6.45, 7) is 0. The molecule has 2 bridgehead atoms. The quantitative estimate of drug-likeness (QED) is 0.636. The molecule has 0 spiro atoms. The summed E-state index contributed by atoms with van der Waals surface area (Å²) in [6, 6.07) is 3.75. The molecule has 2 fully saturated rings. The van der Waals surface area contributed by atoms with Crippen LogP contribution in [-0.4, -0.2) is 28.0 Å². The maximum absolute atomic E-state index is 12.6. The van der Waals surface area contributed by atoms with Crippen LogP contribution in [0.25, 0.3) is 0 Å². The van der Waals surface area contributed by atoms with Crippen molar-refractivity contribution in [1.29, 1.82) is 0 Å². The summed E-state index contributed by atoms with van der Waals surface area (Å²) in [5.41, 5.74) is -0.0314.